The van der Waals surface area contributed by atoms with Crippen molar-refractivity contribution in [3.8, 4) is 11.5 Å². The summed E-state index contributed by atoms with van der Waals surface area (Å²) < 4.78 is 13.1. The lowest BCUT2D eigenvalue weighted by Crippen LogP contribution is -2.78. The minimum Gasteiger partial charge on any atom is -0.504 e. The maximum absolute atomic E-state index is 11.2. The number of likely N-dealkylation sites (N-methyl/N-ethyl adjacent to an activating group) is 1. The molecule has 2 bridgehead atoms. The van der Waals surface area contributed by atoms with Gasteiger partial charge in [-0.05, 0) is 57.8 Å². The molecule has 1 spiro atoms. The second-order valence-corrected chi connectivity index (χ2v) is 8.65. The van der Waals surface area contributed by atoms with Crippen molar-refractivity contribution in [3.63, 3.8) is 0 Å². The number of likely N-dealkylation sites (tertiary alicyclic amines) is 1. The van der Waals surface area contributed by atoms with E-state index in [-0.39, 0.29) is 41.5 Å². The van der Waals surface area contributed by atoms with E-state index in [2.05, 4.69) is 17.3 Å². The number of aromatic hydroxyl groups is 1. The Bertz CT molecular complexity index is 829. The van der Waals surface area contributed by atoms with Crippen molar-refractivity contribution in [1.82, 2.24) is 10.2 Å². The molecule has 7 nitrogen and oxygen atoms in total. The third-order valence-electron chi connectivity index (χ3n) is 7.61. The highest BCUT2D eigenvalue weighted by Gasteiger charge is 2.73. The van der Waals surface area contributed by atoms with E-state index >= 15 is 0 Å². The Labute approximate surface area is 164 Å². The van der Waals surface area contributed by atoms with E-state index in [1.54, 1.807) is 6.07 Å². The summed E-state index contributed by atoms with van der Waals surface area (Å²) in [5, 5.41) is 23.0. The number of piperidine rings is 1. The molecule has 5 rings (SSSR count). The van der Waals surface area contributed by atoms with Gasteiger partial charge in [-0.25, -0.2) is 0 Å². The summed E-state index contributed by atoms with van der Waals surface area (Å²) in [6.07, 6.45) is 3.14. The molecular weight excluding hydrogens is 360 g/mol. The number of nitrogens with zero attached hydrogens (tertiary/aromatic N) is 1. The van der Waals surface area contributed by atoms with Gasteiger partial charge in [0.15, 0.2) is 11.5 Å². The van der Waals surface area contributed by atoms with Gasteiger partial charge in [-0.15, -0.1) is 0 Å². The second-order valence-electron chi connectivity index (χ2n) is 8.65. The third-order valence-corrected chi connectivity index (χ3v) is 7.61. The van der Waals surface area contributed by atoms with Crippen LogP contribution in [0, 0.1) is 0 Å². The van der Waals surface area contributed by atoms with E-state index in [1.807, 2.05) is 13.0 Å². The Hall–Kier alpha value is -1.83. The van der Waals surface area contributed by atoms with E-state index < -0.39 is 5.97 Å². The van der Waals surface area contributed by atoms with Gasteiger partial charge in [-0.2, -0.15) is 0 Å². The van der Waals surface area contributed by atoms with Gasteiger partial charge >= 0.3 is 5.97 Å². The van der Waals surface area contributed by atoms with Crippen molar-refractivity contribution in [2.45, 2.75) is 61.8 Å². The molecule has 28 heavy (non-hydrogen) atoms. The molecule has 1 saturated heterocycles. The van der Waals surface area contributed by atoms with Crippen molar-refractivity contribution >= 4 is 5.97 Å². The zero-order valence-corrected chi connectivity index (χ0v) is 16.4. The number of nitrogens with one attached hydrogen (secondary N) is 1. The van der Waals surface area contributed by atoms with Crippen LogP contribution in [0.15, 0.2) is 12.1 Å². The number of carboxylic acid groups (broad SMARTS) is 1. The molecule has 2 heterocycles. The summed E-state index contributed by atoms with van der Waals surface area (Å²) in [5.41, 5.74) is 1.58. The van der Waals surface area contributed by atoms with Crippen LogP contribution in [-0.2, 0) is 21.4 Å². The predicted molar refractivity (Wildman–Crippen MR) is 102 cm³/mol. The molecule has 5 atom stereocenters. The minimum atomic E-state index is -0.872. The Balaban J connectivity index is 1.71. The van der Waals surface area contributed by atoms with Crippen LogP contribution in [0.1, 0.15) is 37.3 Å². The number of ether oxygens (including phenoxy) is 2. The molecule has 1 aromatic carbocycles. The Kier molecular flexibility index (Phi) is 3.96. The number of hydrogen-bond donors (Lipinski definition) is 3. The number of carboxylic acids is 1. The Morgan fingerprint density at radius 2 is 2.25 bits per heavy atom. The predicted octanol–water partition coefficient (Wildman–Crippen LogP) is 1.26. The van der Waals surface area contributed by atoms with Crippen molar-refractivity contribution in [3.05, 3.63) is 23.3 Å². The maximum atomic E-state index is 11.2. The number of benzene rings is 1. The highest BCUT2D eigenvalue weighted by atomic mass is 16.5. The number of phenols is 1. The fourth-order valence-corrected chi connectivity index (χ4v) is 6.70. The van der Waals surface area contributed by atoms with Crippen LogP contribution in [0.4, 0.5) is 0 Å². The summed E-state index contributed by atoms with van der Waals surface area (Å²) in [6, 6.07) is 3.91. The van der Waals surface area contributed by atoms with E-state index in [4.69, 9.17) is 9.47 Å². The zero-order chi connectivity index (χ0) is 19.7. The molecule has 0 amide bonds. The van der Waals surface area contributed by atoms with Crippen LogP contribution < -0.4 is 10.1 Å². The van der Waals surface area contributed by atoms with Crippen molar-refractivity contribution in [2.75, 3.05) is 26.7 Å². The van der Waals surface area contributed by atoms with E-state index in [0.29, 0.717) is 12.4 Å². The molecule has 0 aromatic heterocycles. The van der Waals surface area contributed by atoms with Gasteiger partial charge < -0.3 is 29.9 Å². The van der Waals surface area contributed by atoms with Crippen LogP contribution >= 0.6 is 0 Å². The van der Waals surface area contributed by atoms with Gasteiger partial charge in [0.2, 0.25) is 0 Å². The van der Waals surface area contributed by atoms with Crippen molar-refractivity contribution < 1.29 is 24.5 Å². The summed E-state index contributed by atoms with van der Waals surface area (Å²) in [7, 11) is 2.17. The van der Waals surface area contributed by atoms with E-state index in [9.17, 15) is 15.0 Å². The number of rotatable bonds is 5. The number of hydrogen-bond acceptors (Lipinski definition) is 6. The standard InChI is InChI=1S/C21H28N2O5/c1-3-27-21-7-6-13(22-11-16(25)26)19-20(21)8-9-23(2)15(21)10-12-4-5-14(24)18(28-19)17(12)20/h4-5,13,15,19,22,24H,3,6-11H2,1-2H3,(H,25,26)/t13-,15?,19-,20?,21+/m0/s1. The molecule has 1 aromatic rings. The monoisotopic (exact) mass is 388 g/mol. The first-order chi connectivity index (χ1) is 13.4. The van der Waals surface area contributed by atoms with Gasteiger partial charge in [-0.1, -0.05) is 6.07 Å². The molecule has 0 radical (unpaired) electrons. The van der Waals surface area contributed by atoms with Crippen LogP contribution in [0.3, 0.4) is 0 Å². The van der Waals surface area contributed by atoms with E-state index in [1.165, 1.54) is 5.56 Å². The number of carbonyl (C=O) groups is 1. The Morgan fingerprint density at radius 1 is 1.43 bits per heavy atom. The molecule has 2 unspecified atom stereocenters. The number of aliphatic carboxylic acids is 1. The van der Waals surface area contributed by atoms with E-state index in [0.717, 1.165) is 37.8 Å². The lowest BCUT2D eigenvalue weighted by molar-refractivity contribution is -0.214. The minimum absolute atomic E-state index is 0.0912. The van der Waals surface area contributed by atoms with Crippen molar-refractivity contribution in [2.24, 2.45) is 0 Å². The summed E-state index contributed by atoms with van der Waals surface area (Å²) in [6.45, 7) is 3.50. The summed E-state index contributed by atoms with van der Waals surface area (Å²) in [4.78, 5) is 13.6. The van der Waals surface area contributed by atoms with Crippen molar-refractivity contribution in [1.29, 1.82) is 0 Å². The Morgan fingerprint density at radius 3 is 3.00 bits per heavy atom. The van der Waals surface area contributed by atoms with Gasteiger partial charge in [-0.3, -0.25) is 4.79 Å². The fraction of sp³-hybridized carbons (Fsp3) is 0.667. The highest BCUT2D eigenvalue weighted by molar-refractivity contribution is 5.69. The molecule has 2 fully saturated rings. The van der Waals surface area contributed by atoms with Crippen LogP contribution in [0.2, 0.25) is 0 Å². The molecule has 2 aliphatic heterocycles. The largest absolute Gasteiger partial charge is 0.504 e. The average molecular weight is 388 g/mol. The van der Waals surface area contributed by atoms with Gasteiger partial charge in [0.05, 0.1) is 17.6 Å². The molecule has 7 heteroatoms. The first kappa shape index (κ1) is 18.2. The summed E-state index contributed by atoms with van der Waals surface area (Å²) >= 11 is 0. The molecule has 1 saturated carbocycles. The molecule has 2 aliphatic carbocycles. The SMILES string of the molecule is CCO[C@@]12CC[C@H](NCC(=O)O)[C@@H]3Oc4c(O)ccc5c4C31CCN(C)C2C5. The number of phenolic OH excluding ortho intramolecular Hbond substituents is 1. The first-order valence-corrected chi connectivity index (χ1v) is 10.3. The molecule has 3 N–H and O–H groups in total. The second kappa shape index (κ2) is 6.08. The maximum Gasteiger partial charge on any atom is 0.317 e. The van der Waals surface area contributed by atoms with Gasteiger partial charge in [0, 0.05) is 24.3 Å². The molecule has 4 aliphatic rings. The average Bonchev–Trinajstić information content (AvgIpc) is 3.01. The highest BCUT2D eigenvalue weighted by Crippen LogP contribution is 2.66. The first-order valence-electron chi connectivity index (χ1n) is 10.3. The van der Waals surface area contributed by atoms with Gasteiger partial charge in [0.25, 0.3) is 0 Å². The zero-order valence-electron chi connectivity index (χ0n) is 16.4. The van der Waals surface area contributed by atoms with Crippen LogP contribution in [-0.4, -0.2) is 71.6 Å². The third kappa shape index (κ3) is 2.07. The topological polar surface area (TPSA) is 91.3 Å². The fourth-order valence-electron chi connectivity index (χ4n) is 6.70. The lowest BCUT2D eigenvalue weighted by atomic mass is 9.48. The van der Waals surface area contributed by atoms with Crippen LogP contribution in [0.5, 0.6) is 11.5 Å². The summed E-state index contributed by atoms with van der Waals surface area (Å²) in [5.74, 6) is -0.121. The quantitative estimate of drug-likeness (QED) is 0.700. The lowest BCUT2D eigenvalue weighted by Gasteiger charge is -2.65. The normalized spacial score (nSPS) is 38.0. The molecular formula is C21H28N2O5. The smallest absolute Gasteiger partial charge is 0.317 e. The molecule has 152 valence electrons. The van der Waals surface area contributed by atoms with Crippen LogP contribution in [0.25, 0.3) is 0 Å². The van der Waals surface area contributed by atoms with Gasteiger partial charge in [0.1, 0.15) is 6.10 Å².